The minimum Gasteiger partial charge on any atom is -0.388 e. The molecular formula is C19H27NO6. The van der Waals surface area contributed by atoms with E-state index in [4.69, 9.17) is 18.9 Å². The standard InChI is InChI=1S/C19H27NO6/c1-12(21)20-15-16(22)17-14(11-24-19(2,3)26-17)25-18(15)23-10-9-13-7-5-4-6-8-13/h4-8,14-18,22H,9-11H2,1-3H3,(H,20,21). The molecule has 0 aromatic heterocycles. The van der Waals surface area contributed by atoms with Gasteiger partial charge in [-0.15, -0.1) is 0 Å². The Kier molecular flexibility index (Phi) is 5.94. The van der Waals surface area contributed by atoms with Gasteiger partial charge in [0.2, 0.25) is 5.91 Å². The molecule has 7 heteroatoms. The fourth-order valence-corrected chi connectivity index (χ4v) is 3.31. The van der Waals surface area contributed by atoms with Gasteiger partial charge in [0, 0.05) is 6.92 Å². The second-order valence-electron chi connectivity index (χ2n) is 7.16. The van der Waals surface area contributed by atoms with E-state index in [9.17, 15) is 9.90 Å². The molecule has 1 amide bonds. The predicted octanol–water partition coefficient (Wildman–Crippen LogP) is 0.988. The summed E-state index contributed by atoms with van der Waals surface area (Å²) in [6.45, 7) is 5.66. The number of carbonyl (C=O) groups is 1. The zero-order valence-electron chi connectivity index (χ0n) is 15.4. The van der Waals surface area contributed by atoms with Gasteiger partial charge in [-0.25, -0.2) is 0 Å². The Morgan fingerprint density at radius 2 is 2.08 bits per heavy atom. The summed E-state index contributed by atoms with van der Waals surface area (Å²) in [6, 6.07) is 9.23. The smallest absolute Gasteiger partial charge is 0.217 e. The third-order valence-electron chi connectivity index (χ3n) is 4.57. The second-order valence-corrected chi connectivity index (χ2v) is 7.16. The molecule has 26 heavy (non-hydrogen) atoms. The van der Waals surface area contributed by atoms with E-state index >= 15 is 0 Å². The van der Waals surface area contributed by atoms with Crippen LogP contribution in [0.15, 0.2) is 30.3 Å². The Labute approximate surface area is 153 Å². The summed E-state index contributed by atoms with van der Waals surface area (Å²) in [6.07, 6.45) is -2.07. The van der Waals surface area contributed by atoms with E-state index in [0.29, 0.717) is 19.6 Å². The number of amides is 1. The summed E-state index contributed by atoms with van der Waals surface area (Å²) in [4.78, 5) is 11.6. The number of fused-ring (bicyclic) bond motifs is 1. The Bertz CT molecular complexity index is 607. The molecule has 144 valence electrons. The fourth-order valence-electron chi connectivity index (χ4n) is 3.31. The summed E-state index contributed by atoms with van der Waals surface area (Å²) < 4.78 is 23.3. The van der Waals surface area contributed by atoms with Crippen molar-refractivity contribution in [3.05, 3.63) is 35.9 Å². The first kappa shape index (κ1) is 19.3. The predicted molar refractivity (Wildman–Crippen MR) is 93.3 cm³/mol. The summed E-state index contributed by atoms with van der Waals surface area (Å²) in [7, 11) is 0. The Hall–Kier alpha value is -1.51. The molecule has 7 nitrogen and oxygen atoms in total. The zero-order valence-corrected chi connectivity index (χ0v) is 15.4. The third-order valence-corrected chi connectivity index (χ3v) is 4.57. The van der Waals surface area contributed by atoms with Crippen molar-refractivity contribution >= 4 is 5.91 Å². The lowest BCUT2D eigenvalue weighted by Crippen LogP contribution is -2.68. The van der Waals surface area contributed by atoms with Crippen molar-refractivity contribution in [3.8, 4) is 0 Å². The van der Waals surface area contributed by atoms with Crippen LogP contribution in [0, 0.1) is 0 Å². The maximum atomic E-state index is 11.6. The zero-order chi connectivity index (χ0) is 18.7. The highest BCUT2D eigenvalue weighted by Gasteiger charge is 2.51. The van der Waals surface area contributed by atoms with Gasteiger partial charge < -0.3 is 29.4 Å². The van der Waals surface area contributed by atoms with Crippen LogP contribution in [0.2, 0.25) is 0 Å². The van der Waals surface area contributed by atoms with Crippen LogP contribution in [0.1, 0.15) is 26.3 Å². The minimum atomic E-state index is -0.956. The van der Waals surface area contributed by atoms with Crippen molar-refractivity contribution < 1.29 is 28.8 Å². The lowest BCUT2D eigenvalue weighted by Gasteiger charge is -2.49. The van der Waals surface area contributed by atoms with E-state index in [0.717, 1.165) is 5.56 Å². The number of ether oxygens (including phenoxy) is 4. The van der Waals surface area contributed by atoms with Gasteiger partial charge in [-0.2, -0.15) is 0 Å². The normalized spacial score (nSPS) is 33.3. The molecule has 0 spiro atoms. The molecule has 2 aliphatic heterocycles. The largest absolute Gasteiger partial charge is 0.388 e. The van der Waals surface area contributed by atoms with Crippen LogP contribution in [0.25, 0.3) is 0 Å². The van der Waals surface area contributed by atoms with Crippen LogP contribution in [0.4, 0.5) is 0 Å². The highest BCUT2D eigenvalue weighted by molar-refractivity contribution is 5.73. The topological polar surface area (TPSA) is 86.3 Å². The molecule has 1 aromatic rings. The molecule has 3 rings (SSSR count). The average Bonchev–Trinajstić information content (AvgIpc) is 2.59. The van der Waals surface area contributed by atoms with Gasteiger partial charge >= 0.3 is 0 Å². The molecule has 5 atom stereocenters. The van der Waals surface area contributed by atoms with E-state index in [1.165, 1.54) is 6.92 Å². The first-order chi connectivity index (χ1) is 12.4. The summed E-state index contributed by atoms with van der Waals surface area (Å²) in [5.74, 6) is -1.08. The second kappa shape index (κ2) is 8.02. The summed E-state index contributed by atoms with van der Waals surface area (Å²) in [5, 5.41) is 13.5. The van der Waals surface area contributed by atoms with Gasteiger partial charge in [0.1, 0.15) is 24.4 Å². The Morgan fingerprint density at radius 1 is 1.35 bits per heavy atom. The number of benzene rings is 1. The molecule has 1 aromatic carbocycles. The van der Waals surface area contributed by atoms with Crippen molar-refractivity contribution in [2.75, 3.05) is 13.2 Å². The molecular weight excluding hydrogens is 338 g/mol. The fraction of sp³-hybridized carbons (Fsp3) is 0.632. The molecule has 0 saturated carbocycles. The van der Waals surface area contributed by atoms with Crippen LogP contribution in [-0.4, -0.2) is 60.7 Å². The number of rotatable bonds is 5. The van der Waals surface area contributed by atoms with Crippen molar-refractivity contribution in [1.29, 1.82) is 0 Å². The maximum absolute atomic E-state index is 11.6. The summed E-state index contributed by atoms with van der Waals surface area (Å²) in [5.41, 5.74) is 1.14. The van der Waals surface area contributed by atoms with Crippen LogP contribution >= 0.6 is 0 Å². The van der Waals surface area contributed by atoms with E-state index in [-0.39, 0.29) is 5.91 Å². The molecule has 2 N–H and O–H groups in total. The van der Waals surface area contributed by atoms with Crippen LogP contribution in [0.3, 0.4) is 0 Å². The quantitative estimate of drug-likeness (QED) is 0.809. The molecule has 0 aliphatic carbocycles. The lowest BCUT2D eigenvalue weighted by molar-refractivity contribution is -0.368. The number of nitrogens with one attached hydrogen (secondary N) is 1. The van der Waals surface area contributed by atoms with E-state index in [2.05, 4.69) is 5.32 Å². The average molecular weight is 365 g/mol. The number of aliphatic hydroxyl groups excluding tert-OH is 1. The van der Waals surface area contributed by atoms with Crippen molar-refractivity contribution in [2.45, 2.75) is 63.6 Å². The van der Waals surface area contributed by atoms with Gasteiger partial charge in [-0.1, -0.05) is 30.3 Å². The number of hydrogen-bond donors (Lipinski definition) is 2. The SMILES string of the molecule is CC(=O)NC1C(OCCc2ccccc2)OC2COC(C)(C)OC2C1O. The number of hydrogen-bond acceptors (Lipinski definition) is 6. The van der Waals surface area contributed by atoms with Gasteiger partial charge in [0.15, 0.2) is 12.1 Å². The lowest BCUT2D eigenvalue weighted by atomic mass is 9.95. The monoisotopic (exact) mass is 365 g/mol. The first-order valence-corrected chi connectivity index (χ1v) is 8.94. The highest BCUT2D eigenvalue weighted by Crippen LogP contribution is 2.32. The first-order valence-electron chi connectivity index (χ1n) is 8.94. The van der Waals surface area contributed by atoms with Gasteiger partial charge in [0.25, 0.3) is 0 Å². The van der Waals surface area contributed by atoms with Crippen LogP contribution in [0.5, 0.6) is 0 Å². The minimum absolute atomic E-state index is 0.265. The molecule has 2 saturated heterocycles. The van der Waals surface area contributed by atoms with Gasteiger partial charge in [-0.3, -0.25) is 4.79 Å². The van der Waals surface area contributed by atoms with Crippen molar-refractivity contribution in [2.24, 2.45) is 0 Å². The highest BCUT2D eigenvalue weighted by atomic mass is 16.8. The molecule has 5 unspecified atom stereocenters. The van der Waals surface area contributed by atoms with Crippen LogP contribution < -0.4 is 5.32 Å². The van der Waals surface area contributed by atoms with E-state index in [1.54, 1.807) is 13.8 Å². The van der Waals surface area contributed by atoms with Crippen molar-refractivity contribution in [1.82, 2.24) is 5.32 Å². The maximum Gasteiger partial charge on any atom is 0.217 e. The molecule has 2 fully saturated rings. The molecule has 2 heterocycles. The number of aliphatic hydroxyl groups is 1. The van der Waals surface area contributed by atoms with Crippen molar-refractivity contribution in [3.63, 3.8) is 0 Å². The van der Waals surface area contributed by atoms with E-state index in [1.807, 2.05) is 30.3 Å². The van der Waals surface area contributed by atoms with Crippen LogP contribution in [-0.2, 0) is 30.2 Å². The summed E-state index contributed by atoms with van der Waals surface area (Å²) >= 11 is 0. The Balaban J connectivity index is 1.66. The Morgan fingerprint density at radius 3 is 2.77 bits per heavy atom. The van der Waals surface area contributed by atoms with Gasteiger partial charge in [0.05, 0.1) is 13.2 Å². The van der Waals surface area contributed by atoms with Gasteiger partial charge in [-0.05, 0) is 25.8 Å². The number of carbonyl (C=O) groups excluding carboxylic acids is 1. The third kappa shape index (κ3) is 4.61. The molecule has 0 radical (unpaired) electrons. The molecule has 0 bridgehead atoms. The molecule has 2 aliphatic rings. The van der Waals surface area contributed by atoms with E-state index < -0.39 is 36.4 Å².